The van der Waals surface area contributed by atoms with E-state index in [9.17, 15) is 0 Å². The highest BCUT2D eigenvalue weighted by atomic mass is 15.3. The molecule has 2 aromatic heterocycles. The van der Waals surface area contributed by atoms with Gasteiger partial charge < -0.3 is 0 Å². The maximum absolute atomic E-state index is 4.74. The molecular weight excluding hydrogens is 370 g/mol. The monoisotopic (exact) mass is 389 g/mol. The maximum atomic E-state index is 4.74. The molecule has 0 aliphatic rings. The van der Waals surface area contributed by atoms with E-state index in [-0.39, 0.29) is 0 Å². The second-order valence-electron chi connectivity index (χ2n) is 7.10. The Labute approximate surface area is 174 Å². The molecule has 0 unspecified atom stereocenters. The summed E-state index contributed by atoms with van der Waals surface area (Å²) in [5.41, 5.74) is 8.94. The van der Waals surface area contributed by atoms with Gasteiger partial charge in [0.2, 0.25) is 5.95 Å². The van der Waals surface area contributed by atoms with E-state index in [0.717, 1.165) is 38.6 Å². The zero-order valence-electron chi connectivity index (χ0n) is 16.4. The van der Waals surface area contributed by atoms with Crippen LogP contribution in [0.25, 0.3) is 33.1 Å². The fourth-order valence-electron chi connectivity index (χ4n) is 3.40. The molecule has 144 valence electrons. The van der Waals surface area contributed by atoms with Crippen LogP contribution in [0.15, 0.2) is 90.2 Å². The predicted octanol–water partition coefficient (Wildman–Crippen LogP) is 5.60. The highest BCUT2D eigenvalue weighted by Gasteiger charge is 2.09. The number of fused-ring (bicyclic) bond motifs is 2. The molecule has 0 fully saturated rings. The van der Waals surface area contributed by atoms with Crippen molar-refractivity contribution in [1.82, 2.24) is 15.0 Å². The Morgan fingerprint density at radius 1 is 0.833 bits per heavy atom. The van der Waals surface area contributed by atoms with Gasteiger partial charge in [0.1, 0.15) is 0 Å². The minimum Gasteiger partial charge on any atom is -0.256 e. The van der Waals surface area contributed by atoms with Gasteiger partial charge in [-0.15, -0.1) is 0 Å². The number of nitrogens with zero attached hydrogens (tertiary/aromatic N) is 4. The quantitative estimate of drug-likeness (QED) is 0.321. The summed E-state index contributed by atoms with van der Waals surface area (Å²) in [6.07, 6.45) is 3.55. The third kappa shape index (κ3) is 3.61. The van der Waals surface area contributed by atoms with Gasteiger partial charge in [-0.05, 0) is 36.8 Å². The highest BCUT2D eigenvalue weighted by Crippen LogP contribution is 2.27. The van der Waals surface area contributed by atoms with E-state index in [1.165, 1.54) is 5.56 Å². The van der Waals surface area contributed by atoms with E-state index in [2.05, 4.69) is 51.7 Å². The molecule has 5 aromatic rings. The van der Waals surface area contributed by atoms with Crippen LogP contribution in [0.1, 0.15) is 11.1 Å². The second-order valence-corrected chi connectivity index (χ2v) is 7.10. The summed E-state index contributed by atoms with van der Waals surface area (Å²) in [4.78, 5) is 13.7. The summed E-state index contributed by atoms with van der Waals surface area (Å²) in [5.74, 6) is 0.461. The van der Waals surface area contributed by atoms with Crippen molar-refractivity contribution in [2.24, 2.45) is 5.10 Å². The van der Waals surface area contributed by atoms with Crippen LogP contribution in [0.2, 0.25) is 0 Å². The highest BCUT2D eigenvalue weighted by molar-refractivity contribution is 5.93. The summed E-state index contributed by atoms with van der Waals surface area (Å²) >= 11 is 0. The van der Waals surface area contributed by atoms with Gasteiger partial charge in [-0.2, -0.15) is 5.10 Å². The molecule has 0 aliphatic heterocycles. The van der Waals surface area contributed by atoms with Crippen LogP contribution in [0.3, 0.4) is 0 Å². The lowest BCUT2D eigenvalue weighted by Crippen LogP contribution is -1.99. The van der Waals surface area contributed by atoms with Gasteiger partial charge in [-0.3, -0.25) is 4.98 Å². The maximum Gasteiger partial charge on any atom is 0.244 e. The summed E-state index contributed by atoms with van der Waals surface area (Å²) in [6.45, 7) is 2.08. The number of hydrazone groups is 1. The van der Waals surface area contributed by atoms with Gasteiger partial charge in [0.25, 0.3) is 0 Å². The van der Waals surface area contributed by atoms with Crippen LogP contribution in [0.4, 0.5) is 5.95 Å². The molecule has 3 aromatic carbocycles. The van der Waals surface area contributed by atoms with Crippen LogP contribution in [-0.2, 0) is 0 Å². The zero-order chi connectivity index (χ0) is 20.3. The minimum atomic E-state index is 0.461. The molecule has 0 radical (unpaired) electrons. The molecule has 0 atom stereocenters. The third-order valence-corrected chi connectivity index (χ3v) is 4.93. The van der Waals surface area contributed by atoms with Gasteiger partial charge in [0.15, 0.2) is 0 Å². The number of benzene rings is 3. The number of anilines is 1. The van der Waals surface area contributed by atoms with E-state index in [1.807, 2.05) is 54.6 Å². The summed E-state index contributed by atoms with van der Waals surface area (Å²) in [5, 5.41) is 6.44. The first-order chi connectivity index (χ1) is 14.8. The molecule has 0 aliphatic carbocycles. The number of aromatic nitrogens is 3. The molecule has 0 bridgehead atoms. The lowest BCUT2D eigenvalue weighted by Gasteiger charge is -2.08. The number of hydrogen-bond donors (Lipinski definition) is 1. The minimum absolute atomic E-state index is 0.461. The molecule has 0 amide bonds. The Hall–Kier alpha value is -4.12. The van der Waals surface area contributed by atoms with Gasteiger partial charge in [-0.25, -0.2) is 15.4 Å². The Morgan fingerprint density at radius 2 is 1.70 bits per heavy atom. The van der Waals surface area contributed by atoms with Crippen LogP contribution in [0.5, 0.6) is 0 Å². The summed E-state index contributed by atoms with van der Waals surface area (Å²) < 4.78 is 0. The predicted molar refractivity (Wildman–Crippen MR) is 123 cm³/mol. The first kappa shape index (κ1) is 17.9. The van der Waals surface area contributed by atoms with Crippen molar-refractivity contribution in [3.05, 3.63) is 96.2 Å². The molecule has 0 saturated carbocycles. The number of pyridine rings is 1. The third-order valence-electron chi connectivity index (χ3n) is 4.93. The average Bonchev–Trinajstić information content (AvgIpc) is 2.79. The van der Waals surface area contributed by atoms with E-state index in [0.29, 0.717) is 5.95 Å². The lowest BCUT2D eigenvalue weighted by molar-refractivity contribution is 1.16. The van der Waals surface area contributed by atoms with Gasteiger partial charge in [0.05, 0.1) is 22.9 Å². The van der Waals surface area contributed by atoms with Crippen molar-refractivity contribution in [2.75, 3.05) is 5.43 Å². The van der Waals surface area contributed by atoms with Crippen LogP contribution in [-0.4, -0.2) is 21.2 Å². The van der Waals surface area contributed by atoms with Crippen molar-refractivity contribution >= 4 is 34.0 Å². The molecule has 5 nitrogen and oxygen atoms in total. The fraction of sp³-hybridized carbons (Fsp3) is 0.0400. The molecule has 1 N–H and O–H groups in total. The van der Waals surface area contributed by atoms with Crippen LogP contribution < -0.4 is 5.43 Å². The molecule has 30 heavy (non-hydrogen) atoms. The van der Waals surface area contributed by atoms with Crippen molar-refractivity contribution < 1.29 is 0 Å². The van der Waals surface area contributed by atoms with Crippen molar-refractivity contribution in [2.45, 2.75) is 6.92 Å². The molecule has 5 rings (SSSR count). The fourth-order valence-corrected chi connectivity index (χ4v) is 3.40. The normalized spacial score (nSPS) is 11.4. The smallest absolute Gasteiger partial charge is 0.244 e. The van der Waals surface area contributed by atoms with Crippen molar-refractivity contribution in [3.8, 4) is 11.3 Å². The van der Waals surface area contributed by atoms with E-state index in [1.54, 1.807) is 12.4 Å². The zero-order valence-corrected chi connectivity index (χ0v) is 16.4. The van der Waals surface area contributed by atoms with E-state index < -0.39 is 0 Å². The molecular formula is C25H19N5. The van der Waals surface area contributed by atoms with Gasteiger partial charge in [-0.1, -0.05) is 60.2 Å². The molecule has 2 heterocycles. The Bertz CT molecular complexity index is 1370. The Balaban J connectivity index is 1.48. The van der Waals surface area contributed by atoms with Crippen molar-refractivity contribution in [1.29, 1.82) is 0 Å². The van der Waals surface area contributed by atoms with Gasteiger partial charge in [0, 0.05) is 22.5 Å². The molecule has 0 saturated heterocycles. The van der Waals surface area contributed by atoms with E-state index in [4.69, 9.17) is 4.98 Å². The first-order valence-corrected chi connectivity index (χ1v) is 9.74. The summed E-state index contributed by atoms with van der Waals surface area (Å²) in [7, 11) is 0. The standard InChI is InChI=1S/C25H19N5/c1-17-8-11-19(12-9-17)24-21-6-2-3-7-23(21)28-25(29-24)30-27-16-18-10-13-22-20(15-18)5-4-14-26-22/h2-16H,1H3,(H,28,29,30)/b27-16-. The Kier molecular flexibility index (Phi) is 4.62. The Morgan fingerprint density at radius 3 is 2.60 bits per heavy atom. The lowest BCUT2D eigenvalue weighted by atomic mass is 10.1. The number of nitrogens with one attached hydrogen (secondary N) is 1. The topological polar surface area (TPSA) is 63.1 Å². The van der Waals surface area contributed by atoms with E-state index >= 15 is 0 Å². The largest absolute Gasteiger partial charge is 0.256 e. The van der Waals surface area contributed by atoms with Crippen molar-refractivity contribution in [3.63, 3.8) is 0 Å². The van der Waals surface area contributed by atoms with Crippen LogP contribution >= 0.6 is 0 Å². The first-order valence-electron chi connectivity index (χ1n) is 9.74. The molecule has 0 spiro atoms. The second kappa shape index (κ2) is 7.72. The number of aryl methyl sites for hydroxylation is 1. The summed E-state index contributed by atoms with van der Waals surface area (Å²) in [6, 6.07) is 26.3. The SMILES string of the molecule is Cc1ccc(-c2nc(N/N=C\c3ccc4ncccc4c3)nc3ccccc23)cc1. The molecule has 5 heteroatoms. The number of para-hydroxylation sites is 1. The van der Waals surface area contributed by atoms with Gasteiger partial charge >= 0.3 is 0 Å². The number of rotatable bonds is 4. The average molecular weight is 389 g/mol. The van der Waals surface area contributed by atoms with Crippen LogP contribution in [0, 0.1) is 6.92 Å². The number of hydrogen-bond acceptors (Lipinski definition) is 5.